The molecule has 71 heavy (non-hydrogen) atoms. The summed E-state index contributed by atoms with van der Waals surface area (Å²) in [6.45, 7) is 5.25. The molecule has 4 heterocycles. The lowest BCUT2D eigenvalue weighted by atomic mass is 9.98. The molecule has 4 aliphatic rings. The summed E-state index contributed by atoms with van der Waals surface area (Å²) in [5.41, 5.74) is 9.14. The van der Waals surface area contributed by atoms with E-state index in [0.29, 0.717) is 76.6 Å². The molecule has 0 aromatic heterocycles. The maximum absolute atomic E-state index is 14.1. The van der Waals surface area contributed by atoms with Crippen LogP contribution in [0.5, 0.6) is 17.2 Å². The molecule has 0 aliphatic carbocycles. The minimum atomic E-state index is -0.933. The Kier molecular flexibility index (Phi) is 14.0. The summed E-state index contributed by atoms with van der Waals surface area (Å²) in [5, 5.41) is 14.5. The SMILES string of the molecule is COc1cc2c(cc1OCc1cc(COc3cc4c(cc3C)C(=O)N3c5ccccc5C[C@H]3CC4)cc(NC(=O)[C@H](C)CC(=O)[C@H](C)NC(=O)CCCCC(=O)O)c1)N=C[C@@H]1Cc3ccccc3N1C2=O. The summed E-state index contributed by atoms with van der Waals surface area (Å²) in [4.78, 5) is 86.8. The van der Waals surface area contributed by atoms with Crippen LogP contribution in [-0.4, -0.2) is 71.9 Å². The lowest BCUT2D eigenvalue weighted by molar-refractivity contribution is -0.137. The standard InChI is InChI=1S/C56H57N5O10/c1-32-19-43-37(17-18-41-24-38-11-5-7-13-46(38)60(41)55(43)67)26-49(32)70-30-35-21-36(23-40(22-35)59-54(66)33(2)20-48(62)34(3)58-52(63)15-9-10-16-53(64)65)31-71-51-28-45-44(27-50(51)69-4)56(68)61-42(29-57-45)25-39-12-6-8-14-47(39)61/h5-8,11-14,19,21-23,26-29,33-34,41-42H,9-10,15-18,20,24-25,30-31H2,1-4H3,(H,58,63)(H,59,66)(H,64,65)/t33-,34+,41-,42+/m1/s1. The Morgan fingerprint density at radius 2 is 1.42 bits per heavy atom. The van der Waals surface area contributed by atoms with E-state index in [4.69, 9.17) is 24.3 Å². The first-order valence-corrected chi connectivity index (χ1v) is 24.2. The number of carboxylic acids is 1. The number of para-hydroxylation sites is 2. The molecule has 0 unspecified atom stereocenters. The number of carboxylic acid groups (broad SMARTS) is 1. The molecule has 0 saturated heterocycles. The zero-order valence-corrected chi connectivity index (χ0v) is 40.3. The number of aliphatic imine (C=N–C) groups is 1. The number of Topliss-reactive ketones (excluding diaryl/α,β-unsaturated/α-hetero) is 1. The van der Waals surface area contributed by atoms with Gasteiger partial charge in [-0.1, -0.05) is 43.3 Å². The van der Waals surface area contributed by atoms with Crippen molar-refractivity contribution < 1.29 is 48.1 Å². The zero-order chi connectivity index (χ0) is 49.9. The molecule has 15 nitrogen and oxygen atoms in total. The predicted molar refractivity (Wildman–Crippen MR) is 268 cm³/mol. The van der Waals surface area contributed by atoms with Crippen molar-refractivity contribution in [2.75, 3.05) is 22.2 Å². The zero-order valence-electron chi connectivity index (χ0n) is 40.3. The van der Waals surface area contributed by atoms with E-state index in [1.54, 1.807) is 49.2 Å². The molecule has 3 N–H and O–H groups in total. The number of fused-ring (bicyclic) bond motifs is 8. The molecule has 0 bridgehead atoms. The van der Waals surface area contributed by atoms with Gasteiger partial charge in [-0.25, -0.2) is 0 Å². The van der Waals surface area contributed by atoms with Crippen LogP contribution in [-0.2, 0) is 51.7 Å². The summed E-state index contributed by atoms with van der Waals surface area (Å²) in [6.07, 6.45) is 5.46. The molecule has 9 rings (SSSR count). The molecule has 0 radical (unpaired) electrons. The quantitative estimate of drug-likeness (QED) is 0.0716. The Bertz CT molecular complexity index is 2980. The average molecular weight is 960 g/mol. The van der Waals surface area contributed by atoms with Crippen molar-refractivity contribution in [3.8, 4) is 17.2 Å². The normalized spacial score (nSPS) is 17.0. The van der Waals surface area contributed by atoms with Crippen LogP contribution in [0.25, 0.3) is 0 Å². The highest BCUT2D eigenvalue weighted by atomic mass is 16.5. The summed E-state index contributed by atoms with van der Waals surface area (Å²) >= 11 is 0. The lowest BCUT2D eigenvalue weighted by Gasteiger charge is -2.23. The van der Waals surface area contributed by atoms with Gasteiger partial charge in [0.05, 0.1) is 30.4 Å². The fourth-order valence-corrected chi connectivity index (χ4v) is 10.0. The number of aliphatic carboxylic acids is 1. The largest absolute Gasteiger partial charge is 0.493 e. The molecular weight excluding hydrogens is 903 g/mol. The van der Waals surface area contributed by atoms with E-state index in [1.807, 2.05) is 72.5 Å². The Morgan fingerprint density at radius 1 is 0.761 bits per heavy atom. The van der Waals surface area contributed by atoms with Gasteiger partial charge in [0.2, 0.25) is 11.8 Å². The van der Waals surface area contributed by atoms with Crippen LogP contribution in [0.4, 0.5) is 22.7 Å². The smallest absolute Gasteiger partial charge is 0.303 e. The molecule has 0 fully saturated rings. The molecule has 15 heteroatoms. The summed E-state index contributed by atoms with van der Waals surface area (Å²) in [5.74, 6) is -1.65. The first-order valence-electron chi connectivity index (χ1n) is 24.2. The minimum Gasteiger partial charge on any atom is -0.493 e. The molecule has 0 spiro atoms. The maximum Gasteiger partial charge on any atom is 0.303 e. The summed E-state index contributed by atoms with van der Waals surface area (Å²) in [6, 6.07) is 27.7. The highest BCUT2D eigenvalue weighted by Crippen LogP contribution is 2.42. The number of carbonyl (C=O) groups is 6. The second-order valence-electron chi connectivity index (χ2n) is 18.9. The second kappa shape index (κ2) is 20.6. The number of carbonyl (C=O) groups excluding carboxylic acids is 5. The summed E-state index contributed by atoms with van der Waals surface area (Å²) < 4.78 is 18.7. The first-order chi connectivity index (χ1) is 34.2. The monoisotopic (exact) mass is 959 g/mol. The predicted octanol–water partition coefficient (Wildman–Crippen LogP) is 8.65. The third-order valence-corrected chi connectivity index (χ3v) is 13.8. The van der Waals surface area contributed by atoms with Crippen LogP contribution in [0.1, 0.15) is 106 Å². The van der Waals surface area contributed by atoms with Gasteiger partial charge >= 0.3 is 5.97 Å². The van der Waals surface area contributed by atoms with Crippen LogP contribution in [0.3, 0.4) is 0 Å². The van der Waals surface area contributed by atoms with E-state index in [9.17, 15) is 28.8 Å². The van der Waals surface area contributed by atoms with Crippen LogP contribution < -0.4 is 34.6 Å². The number of ketones is 1. The van der Waals surface area contributed by atoms with Crippen molar-refractivity contribution >= 4 is 64.3 Å². The van der Waals surface area contributed by atoms with E-state index in [1.165, 1.54) is 12.7 Å². The Morgan fingerprint density at radius 3 is 2.14 bits per heavy atom. The van der Waals surface area contributed by atoms with Crippen molar-refractivity contribution in [1.29, 1.82) is 0 Å². The third kappa shape index (κ3) is 10.4. The van der Waals surface area contributed by atoms with E-state index in [0.717, 1.165) is 40.9 Å². The van der Waals surface area contributed by atoms with Crippen LogP contribution in [0, 0.1) is 12.8 Å². The maximum atomic E-state index is 14.1. The van der Waals surface area contributed by atoms with Gasteiger partial charge in [-0.05, 0) is 128 Å². The number of hydrogen-bond donors (Lipinski definition) is 3. The Hall–Kier alpha value is -7.81. The topological polar surface area (TPSA) is 193 Å². The van der Waals surface area contributed by atoms with Gasteiger partial charge in [0.25, 0.3) is 11.8 Å². The van der Waals surface area contributed by atoms with E-state index in [2.05, 4.69) is 16.7 Å². The minimum absolute atomic E-state index is 0.00841. The van der Waals surface area contributed by atoms with Gasteiger partial charge in [0.15, 0.2) is 17.3 Å². The average Bonchev–Trinajstić information content (AvgIpc) is 3.85. The second-order valence-corrected chi connectivity index (χ2v) is 18.9. The van der Waals surface area contributed by atoms with E-state index in [-0.39, 0.29) is 68.1 Å². The number of nitrogens with one attached hydrogen (secondary N) is 2. The fourth-order valence-electron chi connectivity index (χ4n) is 10.0. The van der Waals surface area contributed by atoms with Crippen LogP contribution in [0.2, 0.25) is 0 Å². The lowest BCUT2D eigenvalue weighted by Crippen LogP contribution is -2.39. The molecular formula is C56H57N5O10. The highest BCUT2D eigenvalue weighted by Gasteiger charge is 2.38. The number of aryl methyl sites for hydroxylation is 2. The number of ether oxygens (including phenoxy) is 3. The Balaban J connectivity index is 0.928. The molecule has 4 amide bonds. The van der Waals surface area contributed by atoms with Gasteiger partial charge in [-0.15, -0.1) is 0 Å². The van der Waals surface area contributed by atoms with Crippen molar-refractivity contribution in [1.82, 2.24) is 5.32 Å². The van der Waals surface area contributed by atoms with E-state index >= 15 is 0 Å². The molecule has 5 aromatic carbocycles. The Labute approximate surface area is 412 Å². The number of unbranched alkanes of at least 4 members (excludes halogenated alkanes) is 1. The molecule has 4 atom stereocenters. The van der Waals surface area contributed by atoms with Gasteiger partial charge in [-0.3, -0.25) is 38.7 Å². The molecule has 0 saturated carbocycles. The number of amides is 4. The van der Waals surface area contributed by atoms with Gasteiger partial charge in [-0.2, -0.15) is 0 Å². The van der Waals surface area contributed by atoms with Crippen LogP contribution >= 0.6 is 0 Å². The summed E-state index contributed by atoms with van der Waals surface area (Å²) in [7, 11) is 1.51. The number of anilines is 3. The number of methoxy groups -OCH3 is 1. The van der Waals surface area contributed by atoms with Crippen molar-refractivity contribution in [3.63, 3.8) is 0 Å². The number of benzene rings is 5. The van der Waals surface area contributed by atoms with E-state index < -0.39 is 23.8 Å². The van der Waals surface area contributed by atoms with Gasteiger partial charge in [0.1, 0.15) is 19.0 Å². The molecule has 5 aromatic rings. The van der Waals surface area contributed by atoms with Gasteiger partial charge in [0, 0.05) is 72.5 Å². The highest BCUT2D eigenvalue weighted by molar-refractivity contribution is 6.15. The van der Waals surface area contributed by atoms with Crippen LogP contribution in [0.15, 0.2) is 96.0 Å². The fraction of sp³-hybridized carbons (Fsp3) is 0.339. The third-order valence-electron chi connectivity index (χ3n) is 13.8. The van der Waals surface area contributed by atoms with Crippen molar-refractivity contribution in [3.05, 3.63) is 136 Å². The number of rotatable bonds is 18. The molecule has 366 valence electrons. The van der Waals surface area contributed by atoms with Crippen molar-refractivity contribution in [2.45, 2.75) is 110 Å². The first kappa shape index (κ1) is 48.2. The number of nitrogens with zero attached hydrogens (tertiary/aromatic N) is 3. The van der Waals surface area contributed by atoms with Gasteiger partial charge < -0.3 is 34.9 Å². The number of hydrogen-bond acceptors (Lipinski definition) is 10. The van der Waals surface area contributed by atoms with Crippen molar-refractivity contribution in [2.24, 2.45) is 10.9 Å². The molecule has 4 aliphatic heterocycles.